The van der Waals surface area contributed by atoms with E-state index < -0.39 is 14.2 Å². The molecule has 3 aliphatic carbocycles. The molecule has 0 radical (unpaired) electrons. The number of ketones is 1. The van der Waals surface area contributed by atoms with Crippen molar-refractivity contribution in [2.24, 2.45) is 41.4 Å². The van der Waals surface area contributed by atoms with Crippen LogP contribution in [0.3, 0.4) is 0 Å². The Balaban J connectivity index is 2.00. The van der Waals surface area contributed by atoms with Gasteiger partial charge in [0.15, 0.2) is 8.32 Å². The van der Waals surface area contributed by atoms with Gasteiger partial charge in [0.2, 0.25) is 0 Å². The molecule has 0 aromatic carbocycles. The van der Waals surface area contributed by atoms with Crippen molar-refractivity contribution < 1.29 is 18.8 Å². The van der Waals surface area contributed by atoms with Crippen LogP contribution in [0.25, 0.3) is 0 Å². The van der Waals surface area contributed by atoms with Crippen LogP contribution in [0.2, 0.25) is 19.6 Å². The largest absolute Gasteiger partial charge is 0.469 e. The molecule has 8 atom stereocenters. The van der Waals surface area contributed by atoms with Crippen molar-refractivity contribution in [1.29, 1.82) is 0 Å². The Hall–Kier alpha value is -1.20. The van der Waals surface area contributed by atoms with Crippen molar-refractivity contribution in [2.75, 3.05) is 7.11 Å². The molecule has 0 saturated heterocycles. The molecule has 0 aromatic heterocycles. The van der Waals surface area contributed by atoms with Crippen molar-refractivity contribution in [3.05, 3.63) is 24.8 Å². The molecule has 26 heavy (non-hydrogen) atoms. The van der Waals surface area contributed by atoms with Crippen LogP contribution in [0.1, 0.15) is 19.8 Å². The zero-order valence-electron chi connectivity index (χ0n) is 16.6. The molecule has 0 bridgehead atoms. The summed E-state index contributed by atoms with van der Waals surface area (Å²) in [6.07, 6.45) is 8.00. The summed E-state index contributed by atoms with van der Waals surface area (Å²) >= 11 is 0. The molecule has 2 fully saturated rings. The molecule has 0 spiro atoms. The maximum atomic E-state index is 13.4. The fourth-order valence-corrected chi connectivity index (χ4v) is 6.66. The van der Waals surface area contributed by atoms with Crippen molar-refractivity contribution in [3.63, 3.8) is 0 Å². The highest BCUT2D eigenvalue weighted by atomic mass is 28.4. The van der Waals surface area contributed by atoms with Gasteiger partial charge in [-0.3, -0.25) is 9.59 Å². The van der Waals surface area contributed by atoms with E-state index in [2.05, 4.69) is 45.3 Å². The number of ether oxygens (including phenoxy) is 1. The van der Waals surface area contributed by atoms with Gasteiger partial charge in [0.05, 0.1) is 19.1 Å². The molecule has 144 valence electrons. The molecule has 0 amide bonds. The lowest BCUT2D eigenvalue weighted by Crippen LogP contribution is -2.47. The van der Waals surface area contributed by atoms with Crippen LogP contribution in [0.4, 0.5) is 0 Å². The van der Waals surface area contributed by atoms with E-state index in [4.69, 9.17) is 9.16 Å². The lowest BCUT2D eigenvalue weighted by molar-refractivity contribution is -0.151. The van der Waals surface area contributed by atoms with Gasteiger partial charge in [-0.2, -0.15) is 0 Å². The zero-order chi connectivity index (χ0) is 19.2. The maximum Gasteiger partial charge on any atom is 0.310 e. The predicted octanol–water partition coefficient (Wildman–Crippen LogP) is 3.85. The van der Waals surface area contributed by atoms with Gasteiger partial charge < -0.3 is 9.16 Å². The van der Waals surface area contributed by atoms with Gasteiger partial charge in [0, 0.05) is 23.7 Å². The standard InChI is InChI=1S/C21H32O4Si/c1-7-13-9-11-14-17-15(19(22)18(14)16(13)21(23)24-3)10-8-12(2)20(17)25-26(4,5)6/h7,9,11-18,20H,1,8,10H2,2-6H3/t12-,13+,14+,15-,16+,17+,18+,20+/m1/s1. The lowest BCUT2D eigenvalue weighted by atomic mass is 9.67. The molecule has 0 heterocycles. The molecule has 3 rings (SSSR count). The number of rotatable bonds is 4. The number of carbonyl (C=O) groups is 2. The highest BCUT2D eigenvalue weighted by Gasteiger charge is 2.60. The normalized spacial score (nSPS) is 42.1. The Morgan fingerprint density at radius 2 is 1.96 bits per heavy atom. The van der Waals surface area contributed by atoms with Crippen molar-refractivity contribution in [3.8, 4) is 0 Å². The first-order valence-corrected chi connectivity index (χ1v) is 13.2. The summed E-state index contributed by atoms with van der Waals surface area (Å²) in [5.41, 5.74) is 0. The molecule has 2 saturated carbocycles. The molecule has 5 heteroatoms. The SMILES string of the molecule is C=C[C@H]1C=C[C@@H]2[C@H](C(=O)[C@@H]3CC[C@@H](C)[C@H](O[Si](C)(C)C)[C@@H]23)[C@H]1C(=O)OC. The zero-order valence-corrected chi connectivity index (χ0v) is 17.6. The van der Waals surface area contributed by atoms with E-state index >= 15 is 0 Å². The first kappa shape index (κ1) is 19.6. The quantitative estimate of drug-likeness (QED) is 0.425. The molecule has 3 aliphatic rings. The summed E-state index contributed by atoms with van der Waals surface area (Å²) in [4.78, 5) is 25.9. The third-order valence-corrected chi connectivity index (χ3v) is 7.46. The summed E-state index contributed by atoms with van der Waals surface area (Å²) in [5.74, 6) is -0.258. The average molecular weight is 377 g/mol. The maximum absolute atomic E-state index is 13.4. The number of methoxy groups -OCH3 is 1. The van der Waals surface area contributed by atoms with Crippen molar-refractivity contribution >= 4 is 20.1 Å². The second kappa shape index (κ2) is 7.08. The second-order valence-electron chi connectivity index (χ2n) is 9.19. The first-order chi connectivity index (χ1) is 12.2. The van der Waals surface area contributed by atoms with Crippen LogP contribution in [0.15, 0.2) is 24.8 Å². The lowest BCUT2D eigenvalue weighted by Gasteiger charge is -2.43. The summed E-state index contributed by atoms with van der Waals surface area (Å²) in [6, 6.07) is 0. The van der Waals surface area contributed by atoms with E-state index in [1.165, 1.54) is 7.11 Å². The van der Waals surface area contributed by atoms with E-state index in [-0.39, 0.29) is 47.4 Å². The number of hydrogen-bond acceptors (Lipinski definition) is 4. The summed E-state index contributed by atoms with van der Waals surface area (Å²) in [7, 11) is -0.330. The van der Waals surface area contributed by atoms with E-state index in [0.29, 0.717) is 5.92 Å². The fourth-order valence-electron chi connectivity index (χ4n) is 5.45. The van der Waals surface area contributed by atoms with Gasteiger partial charge in [0.25, 0.3) is 0 Å². The number of hydrogen-bond donors (Lipinski definition) is 0. The Bertz CT molecular complexity index is 620. The summed E-state index contributed by atoms with van der Waals surface area (Å²) in [5, 5.41) is 0. The fraction of sp³-hybridized carbons (Fsp3) is 0.714. The molecule has 0 aliphatic heterocycles. The Morgan fingerprint density at radius 3 is 2.54 bits per heavy atom. The van der Waals surface area contributed by atoms with E-state index in [1.54, 1.807) is 6.08 Å². The van der Waals surface area contributed by atoms with Gasteiger partial charge in [-0.15, -0.1) is 6.58 Å². The molecular formula is C21H32O4Si. The number of fused-ring (bicyclic) bond motifs is 3. The number of carbonyl (C=O) groups excluding carboxylic acids is 2. The second-order valence-corrected chi connectivity index (χ2v) is 13.6. The number of esters is 1. The minimum atomic E-state index is -1.73. The van der Waals surface area contributed by atoms with Crippen LogP contribution in [-0.2, 0) is 18.8 Å². The minimum absolute atomic E-state index is 0.00271. The van der Waals surface area contributed by atoms with Gasteiger partial charge in [-0.05, 0) is 44.3 Å². The number of Topliss-reactive ketones (excluding diaryl/α,β-unsaturated/α-hetero) is 1. The van der Waals surface area contributed by atoms with Gasteiger partial charge in [-0.25, -0.2) is 0 Å². The summed E-state index contributed by atoms with van der Waals surface area (Å²) < 4.78 is 11.7. The van der Waals surface area contributed by atoms with Gasteiger partial charge >= 0.3 is 5.97 Å². The van der Waals surface area contributed by atoms with E-state index in [1.807, 2.05) is 0 Å². The monoisotopic (exact) mass is 376 g/mol. The van der Waals surface area contributed by atoms with E-state index in [9.17, 15) is 9.59 Å². The molecular weight excluding hydrogens is 344 g/mol. The summed E-state index contributed by atoms with van der Waals surface area (Å²) in [6.45, 7) is 12.7. The average Bonchev–Trinajstić information content (AvgIpc) is 2.87. The van der Waals surface area contributed by atoms with Crippen LogP contribution in [-0.4, -0.2) is 33.3 Å². The smallest absolute Gasteiger partial charge is 0.310 e. The minimum Gasteiger partial charge on any atom is -0.469 e. The van der Waals surface area contributed by atoms with Crippen LogP contribution in [0, 0.1) is 41.4 Å². The van der Waals surface area contributed by atoms with Crippen LogP contribution >= 0.6 is 0 Å². The molecule has 0 aromatic rings. The first-order valence-electron chi connectivity index (χ1n) is 9.80. The Labute approximate surface area is 158 Å². The Morgan fingerprint density at radius 1 is 1.27 bits per heavy atom. The molecule has 0 unspecified atom stereocenters. The Kier molecular flexibility index (Phi) is 5.32. The predicted molar refractivity (Wildman–Crippen MR) is 104 cm³/mol. The van der Waals surface area contributed by atoms with Crippen LogP contribution in [0.5, 0.6) is 0 Å². The van der Waals surface area contributed by atoms with Gasteiger partial charge in [0.1, 0.15) is 5.78 Å². The third kappa shape index (κ3) is 3.24. The van der Waals surface area contributed by atoms with Crippen molar-refractivity contribution in [2.45, 2.75) is 45.5 Å². The van der Waals surface area contributed by atoms with Gasteiger partial charge in [-0.1, -0.05) is 25.2 Å². The van der Waals surface area contributed by atoms with Crippen molar-refractivity contribution in [1.82, 2.24) is 0 Å². The van der Waals surface area contributed by atoms with Crippen LogP contribution < -0.4 is 0 Å². The molecule has 4 nitrogen and oxygen atoms in total. The molecule has 0 N–H and O–H groups in total. The third-order valence-electron chi connectivity index (χ3n) is 6.48. The number of allylic oxidation sites excluding steroid dienone is 3. The van der Waals surface area contributed by atoms with E-state index in [0.717, 1.165) is 12.8 Å². The highest BCUT2D eigenvalue weighted by Crippen LogP contribution is 2.55. The topological polar surface area (TPSA) is 52.6 Å². The highest BCUT2D eigenvalue weighted by molar-refractivity contribution is 6.69.